The minimum atomic E-state index is -0.390. The fourth-order valence-corrected chi connectivity index (χ4v) is 1.50. The summed E-state index contributed by atoms with van der Waals surface area (Å²) in [6, 6.07) is 1.60. The highest BCUT2D eigenvalue weighted by Crippen LogP contribution is 2.11. The molecular formula is C13H17NO4. The van der Waals surface area contributed by atoms with Gasteiger partial charge in [-0.25, -0.2) is 4.79 Å². The van der Waals surface area contributed by atoms with Gasteiger partial charge in [0, 0.05) is 18.8 Å². The summed E-state index contributed by atoms with van der Waals surface area (Å²) in [4.78, 5) is 26.9. The zero-order valence-electron chi connectivity index (χ0n) is 10.6. The molecule has 5 nitrogen and oxygen atoms in total. The first kappa shape index (κ1) is 14.2. The van der Waals surface area contributed by atoms with Crippen LogP contribution in [0.25, 0.3) is 0 Å². The van der Waals surface area contributed by atoms with Gasteiger partial charge in [0.1, 0.15) is 0 Å². The van der Waals surface area contributed by atoms with Crippen molar-refractivity contribution in [3.05, 3.63) is 29.6 Å². The van der Waals surface area contributed by atoms with Gasteiger partial charge in [0.05, 0.1) is 18.8 Å². The Bertz CT molecular complexity index is 417. The topological polar surface area (TPSA) is 65.5 Å². The number of rotatable bonds is 6. The highest BCUT2D eigenvalue weighted by molar-refractivity contribution is 5.91. The standard InChI is InChI=1S/C13H17NO4/c1-3-17-12(15)6-5-10-9-14-8-7-11(10)13(16)18-4-2/h7-9H,3-6H2,1-2H3. The number of carbonyl (C=O) groups is 2. The van der Waals surface area contributed by atoms with Crippen LogP contribution in [0, 0.1) is 0 Å². The molecule has 1 aromatic heterocycles. The van der Waals surface area contributed by atoms with E-state index in [4.69, 9.17) is 9.47 Å². The lowest BCUT2D eigenvalue weighted by Crippen LogP contribution is -2.11. The minimum absolute atomic E-state index is 0.228. The Hall–Kier alpha value is -1.91. The first-order valence-electron chi connectivity index (χ1n) is 5.94. The summed E-state index contributed by atoms with van der Waals surface area (Å²) in [5.74, 6) is -0.671. The average Bonchev–Trinajstić information content (AvgIpc) is 2.37. The van der Waals surface area contributed by atoms with Gasteiger partial charge in [-0.2, -0.15) is 0 Å². The smallest absolute Gasteiger partial charge is 0.338 e. The molecule has 0 aliphatic rings. The highest BCUT2D eigenvalue weighted by Gasteiger charge is 2.13. The lowest BCUT2D eigenvalue weighted by molar-refractivity contribution is -0.143. The van der Waals surface area contributed by atoms with Crippen molar-refractivity contribution in [3.8, 4) is 0 Å². The van der Waals surface area contributed by atoms with Gasteiger partial charge in [-0.05, 0) is 31.9 Å². The summed E-state index contributed by atoms with van der Waals surface area (Å²) in [6.07, 6.45) is 3.75. The Morgan fingerprint density at radius 3 is 2.61 bits per heavy atom. The van der Waals surface area contributed by atoms with Crippen LogP contribution in [0.2, 0.25) is 0 Å². The average molecular weight is 251 g/mol. The Morgan fingerprint density at radius 2 is 1.94 bits per heavy atom. The Morgan fingerprint density at radius 1 is 1.22 bits per heavy atom. The maximum absolute atomic E-state index is 11.7. The van der Waals surface area contributed by atoms with Gasteiger partial charge in [-0.15, -0.1) is 0 Å². The van der Waals surface area contributed by atoms with E-state index in [0.29, 0.717) is 30.8 Å². The van der Waals surface area contributed by atoms with Gasteiger partial charge in [0.2, 0.25) is 0 Å². The summed E-state index contributed by atoms with van der Waals surface area (Å²) in [7, 11) is 0. The van der Waals surface area contributed by atoms with Crippen LogP contribution in [0.15, 0.2) is 18.5 Å². The minimum Gasteiger partial charge on any atom is -0.466 e. The molecule has 0 N–H and O–H groups in total. The molecule has 0 aliphatic heterocycles. The maximum Gasteiger partial charge on any atom is 0.338 e. The SMILES string of the molecule is CCOC(=O)CCc1cnccc1C(=O)OCC. The first-order chi connectivity index (χ1) is 8.69. The highest BCUT2D eigenvalue weighted by atomic mass is 16.5. The summed E-state index contributed by atoms with van der Waals surface area (Å²) in [6.45, 7) is 4.18. The number of hydrogen-bond donors (Lipinski definition) is 0. The second-order valence-electron chi connectivity index (χ2n) is 3.56. The Balaban J connectivity index is 2.70. The monoisotopic (exact) mass is 251 g/mol. The summed E-state index contributed by atoms with van der Waals surface area (Å²) < 4.78 is 9.78. The fourth-order valence-electron chi connectivity index (χ4n) is 1.50. The van der Waals surface area contributed by atoms with Gasteiger partial charge in [-0.3, -0.25) is 9.78 Å². The predicted octanol–water partition coefficient (Wildman–Crippen LogP) is 1.75. The number of carbonyl (C=O) groups excluding carboxylic acids is 2. The predicted molar refractivity (Wildman–Crippen MR) is 65.1 cm³/mol. The second-order valence-corrected chi connectivity index (χ2v) is 3.56. The van der Waals surface area contributed by atoms with Gasteiger partial charge in [0.25, 0.3) is 0 Å². The number of nitrogens with zero attached hydrogens (tertiary/aromatic N) is 1. The van der Waals surface area contributed by atoms with E-state index in [9.17, 15) is 9.59 Å². The van der Waals surface area contributed by atoms with E-state index in [-0.39, 0.29) is 12.4 Å². The number of ether oxygens (including phenoxy) is 2. The van der Waals surface area contributed by atoms with Crippen LogP contribution in [-0.4, -0.2) is 30.1 Å². The molecule has 0 radical (unpaired) electrons. The molecule has 5 heteroatoms. The van der Waals surface area contributed by atoms with Crippen LogP contribution in [-0.2, 0) is 20.7 Å². The number of aryl methyl sites for hydroxylation is 1. The zero-order chi connectivity index (χ0) is 13.4. The fraction of sp³-hybridized carbons (Fsp3) is 0.462. The van der Waals surface area contributed by atoms with Crippen LogP contribution in [0.1, 0.15) is 36.2 Å². The number of esters is 2. The molecule has 0 saturated heterocycles. The Labute approximate surface area is 106 Å². The molecule has 1 heterocycles. The second kappa shape index (κ2) is 7.42. The van der Waals surface area contributed by atoms with Crippen molar-refractivity contribution in [2.24, 2.45) is 0 Å². The number of hydrogen-bond acceptors (Lipinski definition) is 5. The molecular weight excluding hydrogens is 234 g/mol. The van der Waals surface area contributed by atoms with E-state index in [0.717, 1.165) is 0 Å². The van der Waals surface area contributed by atoms with E-state index in [1.165, 1.54) is 6.20 Å². The molecule has 0 amide bonds. The number of aromatic nitrogens is 1. The van der Waals surface area contributed by atoms with Crippen LogP contribution in [0.4, 0.5) is 0 Å². The molecule has 0 spiro atoms. The van der Waals surface area contributed by atoms with E-state index < -0.39 is 5.97 Å². The van der Waals surface area contributed by atoms with Gasteiger partial charge in [0.15, 0.2) is 0 Å². The van der Waals surface area contributed by atoms with Crippen molar-refractivity contribution in [3.63, 3.8) is 0 Å². The molecule has 1 rings (SSSR count). The molecule has 0 atom stereocenters. The van der Waals surface area contributed by atoms with Crippen molar-refractivity contribution >= 4 is 11.9 Å². The van der Waals surface area contributed by atoms with Crippen molar-refractivity contribution in [1.82, 2.24) is 4.98 Å². The van der Waals surface area contributed by atoms with Crippen LogP contribution in [0.5, 0.6) is 0 Å². The van der Waals surface area contributed by atoms with Crippen LogP contribution >= 0.6 is 0 Å². The molecule has 0 unspecified atom stereocenters. The van der Waals surface area contributed by atoms with E-state index in [1.54, 1.807) is 26.1 Å². The Kier molecular flexibility index (Phi) is 5.84. The normalized spacial score (nSPS) is 9.89. The molecule has 18 heavy (non-hydrogen) atoms. The van der Waals surface area contributed by atoms with Crippen molar-refractivity contribution in [1.29, 1.82) is 0 Å². The van der Waals surface area contributed by atoms with Crippen LogP contribution in [0.3, 0.4) is 0 Å². The maximum atomic E-state index is 11.7. The molecule has 0 fully saturated rings. The lowest BCUT2D eigenvalue weighted by atomic mass is 10.1. The summed E-state index contributed by atoms with van der Waals surface area (Å²) in [5.41, 5.74) is 1.15. The van der Waals surface area contributed by atoms with Crippen molar-refractivity contribution in [2.75, 3.05) is 13.2 Å². The zero-order valence-corrected chi connectivity index (χ0v) is 10.6. The van der Waals surface area contributed by atoms with Crippen molar-refractivity contribution < 1.29 is 19.1 Å². The first-order valence-corrected chi connectivity index (χ1v) is 5.94. The van der Waals surface area contributed by atoms with E-state index in [2.05, 4.69) is 4.98 Å². The quantitative estimate of drug-likeness (QED) is 0.721. The van der Waals surface area contributed by atoms with Gasteiger partial charge < -0.3 is 9.47 Å². The van der Waals surface area contributed by atoms with Crippen molar-refractivity contribution in [2.45, 2.75) is 26.7 Å². The largest absolute Gasteiger partial charge is 0.466 e. The van der Waals surface area contributed by atoms with Gasteiger partial charge >= 0.3 is 11.9 Å². The lowest BCUT2D eigenvalue weighted by Gasteiger charge is -2.07. The molecule has 1 aromatic rings. The summed E-state index contributed by atoms with van der Waals surface area (Å²) >= 11 is 0. The van der Waals surface area contributed by atoms with E-state index >= 15 is 0 Å². The summed E-state index contributed by atoms with van der Waals surface area (Å²) in [5, 5.41) is 0. The van der Waals surface area contributed by atoms with E-state index in [1.807, 2.05) is 0 Å². The van der Waals surface area contributed by atoms with Crippen LogP contribution < -0.4 is 0 Å². The number of pyridine rings is 1. The molecule has 98 valence electrons. The molecule has 0 saturated carbocycles. The third-order valence-corrected chi connectivity index (χ3v) is 2.30. The third-order valence-electron chi connectivity index (χ3n) is 2.30. The molecule has 0 aliphatic carbocycles. The molecule has 0 bridgehead atoms. The third kappa shape index (κ3) is 4.16. The van der Waals surface area contributed by atoms with Gasteiger partial charge in [-0.1, -0.05) is 0 Å². The molecule has 0 aromatic carbocycles.